The molecule has 1 unspecified atom stereocenters. The first-order valence-corrected chi connectivity index (χ1v) is 11.7. The van der Waals surface area contributed by atoms with Crippen molar-refractivity contribution < 1.29 is 17.9 Å². The molecule has 0 aromatic heterocycles. The Morgan fingerprint density at radius 1 is 1.27 bits per heavy atom. The molecule has 1 saturated heterocycles. The summed E-state index contributed by atoms with van der Waals surface area (Å²) >= 11 is 0. The van der Waals surface area contributed by atoms with E-state index in [1.54, 1.807) is 18.5 Å². The van der Waals surface area contributed by atoms with Crippen molar-refractivity contribution in [3.63, 3.8) is 0 Å². The molecule has 1 aliphatic rings. The van der Waals surface area contributed by atoms with E-state index in [-0.39, 0.29) is 41.9 Å². The molecule has 30 heavy (non-hydrogen) atoms. The molecule has 2 N–H and O–H groups in total. The average Bonchev–Trinajstić information content (AvgIpc) is 2.71. The first-order chi connectivity index (χ1) is 13.9. The number of aliphatic imine (C=N–C) groups is 1. The highest BCUT2D eigenvalue weighted by Gasteiger charge is 2.27. The summed E-state index contributed by atoms with van der Waals surface area (Å²) in [5, 5.41) is 6.67. The van der Waals surface area contributed by atoms with Crippen LogP contribution in [0.1, 0.15) is 33.1 Å². The quantitative estimate of drug-likeness (QED) is 0.277. The predicted octanol–water partition coefficient (Wildman–Crippen LogP) is 2.45. The van der Waals surface area contributed by atoms with Crippen molar-refractivity contribution >= 4 is 40.0 Å². The highest BCUT2D eigenvalue weighted by atomic mass is 127. The number of benzene rings is 1. The van der Waals surface area contributed by atoms with Gasteiger partial charge in [-0.3, -0.25) is 4.99 Å². The fraction of sp³-hybridized carbons (Fsp3) is 0.650. The van der Waals surface area contributed by atoms with E-state index in [1.807, 2.05) is 38.1 Å². The number of rotatable bonds is 9. The van der Waals surface area contributed by atoms with E-state index >= 15 is 0 Å². The molecule has 1 aliphatic heterocycles. The third kappa shape index (κ3) is 8.10. The fourth-order valence-corrected chi connectivity index (χ4v) is 4.81. The summed E-state index contributed by atoms with van der Waals surface area (Å²) in [6.07, 6.45) is 2.07. The number of sulfonamides is 1. The van der Waals surface area contributed by atoms with Crippen LogP contribution in [0.2, 0.25) is 0 Å². The summed E-state index contributed by atoms with van der Waals surface area (Å²) in [7, 11) is 0.230. The van der Waals surface area contributed by atoms with E-state index in [1.165, 1.54) is 0 Å². The van der Waals surface area contributed by atoms with Crippen molar-refractivity contribution in [2.75, 3.05) is 39.5 Å². The lowest BCUT2D eigenvalue weighted by atomic mass is 10.1. The number of nitrogens with one attached hydrogen (secondary N) is 2. The summed E-state index contributed by atoms with van der Waals surface area (Å²) in [6.45, 7) is 5.53. The highest BCUT2D eigenvalue weighted by Crippen LogP contribution is 2.26. The van der Waals surface area contributed by atoms with Gasteiger partial charge in [0.2, 0.25) is 10.0 Å². The van der Waals surface area contributed by atoms with Crippen molar-refractivity contribution in [1.29, 1.82) is 0 Å². The lowest BCUT2D eigenvalue weighted by molar-refractivity contribution is 0.213. The monoisotopic (exact) mass is 554 g/mol. The molecule has 0 radical (unpaired) electrons. The van der Waals surface area contributed by atoms with Gasteiger partial charge in [0.15, 0.2) is 17.5 Å². The summed E-state index contributed by atoms with van der Waals surface area (Å²) in [5.41, 5.74) is 0. The van der Waals surface area contributed by atoms with Crippen molar-refractivity contribution in [3.05, 3.63) is 24.3 Å². The van der Waals surface area contributed by atoms with Gasteiger partial charge >= 0.3 is 0 Å². The molecular weight excluding hydrogens is 519 g/mol. The van der Waals surface area contributed by atoms with Gasteiger partial charge in [-0.15, -0.1) is 24.0 Å². The topological polar surface area (TPSA) is 92.3 Å². The maximum Gasteiger partial charge on any atom is 0.214 e. The molecule has 0 saturated carbocycles. The molecule has 1 aromatic rings. The maximum atomic E-state index is 12.2. The number of halogens is 1. The summed E-state index contributed by atoms with van der Waals surface area (Å²) in [4.78, 5) is 4.27. The van der Waals surface area contributed by atoms with Crippen molar-refractivity contribution in [3.8, 4) is 11.5 Å². The minimum absolute atomic E-state index is 0. The lowest BCUT2D eigenvalue weighted by Gasteiger charge is -2.32. The standard InChI is InChI=1S/C20H34N4O4S.HI/c1-5-14-29(25,26)24-12-10-17(11-13-24)23-20(21-3)22-15-16(2)28-19-9-7-6-8-18(19)27-4;/h6-9,16-17H,5,10-15H2,1-4H3,(H2,21,22,23);1H. The molecule has 2 rings (SSSR count). The number of nitrogens with zero attached hydrogens (tertiary/aromatic N) is 2. The molecule has 0 spiro atoms. The zero-order valence-electron chi connectivity index (χ0n) is 18.3. The molecule has 0 aliphatic carbocycles. The van der Waals surface area contributed by atoms with Gasteiger partial charge in [0.1, 0.15) is 6.10 Å². The van der Waals surface area contributed by atoms with Crippen LogP contribution in [0, 0.1) is 0 Å². The first kappa shape index (κ1) is 26.8. The maximum absolute atomic E-state index is 12.2. The molecule has 10 heteroatoms. The second kappa shape index (κ2) is 13.2. The van der Waals surface area contributed by atoms with E-state index in [0.29, 0.717) is 43.5 Å². The molecule has 0 bridgehead atoms. The van der Waals surface area contributed by atoms with E-state index in [9.17, 15) is 8.42 Å². The van der Waals surface area contributed by atoms with Crippen LogP contribution in [-0.4, -0.2) is 70.4 Å². The molecule has 1 aromatic carbocycles. The molecular formula is C20H35IN4O4S. The fourth-order valence-electron chi connectivity index (χ4n) is 3.27. The first-order valence-electron chi connectivity index (χ1n) is 10.1. The number of hydrogen-bond donors (Lipinski definition) is 2. The van der Waals surface area contributed by atoms with Gasteiger partial charge in [0, 0.05) is 26.2 Å². The Balaban J connectivity index is 0.00000450. The van der Waals surface area contributed by atoms with Crippen molar-refractivity contribution in [1.82, 2.24) is 14.9 Å². The van der Waals surface area contributed by atoms with Gasteiger partial charge in [0.25, 0.3) is 0 Å². The third-order valence-electron chi connectivity index (χ3n) is 4.83. The van der Waals surface area contributed by atoms with Gasteiger partial charge in [-0.2, -0.15) is 0 Å². The van der Waals surface area contributed by atoms with Gasteiger partial charge in [0.05, 0.1) is 19.4 Å². The Morgan fingerprint density at radius 2 is 1.90 bits per heavy atom. The number of guanidine groups is 1. The van der Waals surface area contributed by atoms with E-state index < -0.39 is 10.0 Å². The van der Waals surface area contributed by atoms with Crippen molar-refractivity contribution in [2.24, 2.45) is 4.99 Å². The third-order valence-corrected chi connectivity index (χ3v) is 6.90. The summed E-state index contributed by atoms with van der Waals surface area (Å²) in [6, 6.07) is 7.75. The Hall–Kier alpha value is -1.27. The van der Waals surface area contributed by atoms with Crippen LogP contribution in [0.25, 0.3) is 0 Å². The van der Waals surface area contributed by atoms with E-state index in [0.717, 1.165) is 12.8 Å². The van der Waals surface area contributed by atoms with Gasteiger partial charge in [-0.05, 0) is 38.3 Å². The molecule has 172 valence electrons. The molecule has 8 nitrogen and oxygen atoms in total. The van der Waals surface area contributed by atoms with Crippen LogP contribution in [0.5, 0.6) is 11.5 Å². The second-order valence-corrected chi connectivity index (χ2v) is 9.25. The Bertz CT molecular complexity index is 768. The lowest BCUT2D eigenvalue weighted by Crippen LogP contribution is -2.51. The average molecular weight is 554 g/mol. The van der Waals surface area contributed by atoms with Gasteiger partial charge in [-0.1, -0.05) is 19.1 Å². The van der Waals surface area contributed by atoms with Crippen molar-refractivity contribution in [2.45, 2.75) is 45.3 Å². The van der Waals surface area contributed by atoms with Crippen LogP contribution in [0.3, 0.4) is 0 Å². The molecule has 1 fully saturated rings. The Labute approximate surface area is 197 Å². The summed E-state index contributed by atoms with van der Waals surface area (Å²) in [5.74, 6) is 2.31. The Kier molecular flexibility index (Phi) is 11.8. The smallest absolute Gasteiger partial charge is 0.214 e. The number of hydrogen-bond acceptors (Lipinski definition) is 5. The molecule has 0 amide bonds. The van der Waals surface area contributed by atoms with E-state index in [4.69, 9.17) is 9.47 Å². The Morgan fingerprint density at radius 3 is 2.47 bits per heavy atom. The van der Waals surface area contributed by atoms with E-state index in [2.05, 4.69) is 15.6 Å². The van der Waals surface area contributed by atoms with Crippen LogP contribution < -0.4 is 20.1 Å². The number of piperidine rings is 1. The van der Waals surface area contributed by atoms with Crippen LogP contribution >= 0.6 is 24.0 Å². The number of ether oxygens (including phenoxy) is 2. The molecule has 1 atom stereocenters. The molecule has 1 heterocycles. The number of methoxy groups -OCH3 is 1. The second-order valence-electron chi connectivity index (χ2n) is 7.17. The zero-order valence-corrected chi connectivity index (χ0v) is 21.4. The highest BCUT2D eigenvalue weighted by molar-refractivity contribution is 14.0. The van der Waals surface area contributed by atoms with Crippen LogP contribution in [-0.2, 0) is 10.0 Å². The SMILES string of the molecule is CCCS(=O)(=O)N1CCC(NC(=NC)NCC(C)Oc2ccccc2OC)CC1.I. The van der Waals surface area contributed by atoms with Crippen LogP contribution in [0.15, 0.2) is 29.3 Å². The predicted molar refractivity (Wildman–Crippen MR) is 132 cm³/mol. The minimum Gasteiger partial charge on any atom is -0.493 e. The zero-order chi connectivity index (χ0) is 21.3. The van der Waals surface area contributed by atoms with Crippen LogP contribution in [0.4, 0.5) is 0 Å². The number of para-hydroxylation sites is 2. The normalized spacial score (nSPS) is 17.0. The largest absolute Gasteiger partial charge is 0.493 e. The van der Waals surface area contributed by atoms with Gasteiger partial charge in [-0.25, -0.2) is 12.7 Å². The minimum atomic E-state index is -3.11. The summed E-state index contributed by atoms with van der Waals surface area (Å²) < 4.78 is 37.3. The van der Waals surface area contributed by atoms with Gasteiger partial charge < -0.3 is 20.1 Å².